The third-order valence-corrected chi connectivity index (χ3v) is 3.76. The van der Waals surface area contributed by atoms with Gasteiger partial charge in [-0.1, -0.05) is 37.3 Å². The number of nitrogens with zero attached hydrogens (tertiary/aromatic N) is 2. The van der Waals surface area contributed by atoms with Crippen LogP contribution in [0.25, 0.3) is 0 Å². The number of nitrogens with one attached hydrogen (secondary N) is 1. The Morgan fingerprint density at radius 1 is 1.04 bits per heavy atom. The van der Waals surface area contributed by atoms with Gasteiger partial charge in [0.15, 0.2) is 0 Å². The molecule has 0 aromatic heterocycles. The molecule has 24 heavy (non-hydrogen) atoms. The normalized spacial score (nSPS) is 11.2. The molecule has 0 aliphatic heterocycles. The molecule has 5 nitrogen and oxygen atoms in total. The van der Waals surface area contributed by atoms with Crippen LogP contribution < -0.4 is 5.32 Å². The van der Waals surface area contributed by atoms with E-state index in [1.807, 2.05) is 74.8 Å². The van der Waals surface area contributed by atoms with Crippen molar-refractivity contribution in [1.82, 2.24) is 15.1 Å². The molecular formula is C19H31N3O2. The summed E-state index contributed by atoms with van der Waals surface area (Å²) in [5.74, 6) is 0.00635. The third-order valence-electron chi connectivity index (χ3n) is 3.76. The van der Waals surface area contributed by atoms with E-state index in [1.54, 1.807) is 0 Å². The van der Waals surface area contributed by atoms with E-state index in [0.29, 0.717) is 13.1 Å². The summed E-state index contributed by atoms with van der Waals surface area (Å²) >= 11 is 0. The largest absolute Gasteiger partial charge is 0.353 e. The van der Waals surface area contributed by atoms with Crippen LogP contribution >= 0.6 is 0 Å². The van der Waals surface area contributed by atoms with Gasteiger partial charge in [-0.3, -0.25) is 14.5 Å². The smallest absolute Gasteiger partial charge is 0.237 e. The van der Waals surface area contributed by atoms with Crippen LogP contribution in [-0.2, 0) is 16.1 Å². The van der Waals surface area contributed by atoms with Gasteiger partial charge in [0.05, 0.1) is 13.1 Å². The van der Waals surface area contributed by atoms with Crippen LogP contribution in [0.15, 0.2) is 30.3 Å². The predicted octanol–water partition coefficient (Wildman–Crippen LogP) is 2.27. The highest BCUT2D eigenvalue weighted by Crippen LogP contribution is 2.09. The van der Waals surface area contributed by atoms with E-state index in [9.17, 15) is 9.59 Å². The van der Waals surface area contributed by atoms with Crippen molar-refractivity contribution in [1.29, 1.82) is 0 Å². The van der Waals surface area contributed by atoms with Crippen molar-refractivity contribution in [3.63, 3.8) is 0 Å². The maximum Gasteiger partial charge on any atom is 0.237 e. The molecule has 0 aliphatic carbocycles. The fourth-order valence-electron chi connectivity index (χ4n) is 2.47. The molecule has 0 saturated carbocycles. The Bertz CT molecular complexity index is 515. The summed E-state index contributed by atoms with van der Waals surface area (Å²) in [5, 5.41) is 2.87. The van der Waals surface area contributed by atoms with Gasteiger partial charge in [0.1, 0.15) is 0 Å². The minimum Gasteiger partial charge on any atom is -0.353 e. The van der Waals surface area contributed by atoms with E-state index in [-0.39, 0.29) is 37.0 Å². The number of amides is 2. The first-order chi connectivity index (χ1) is 11.3. The molecule has 0 aliphatic rings. The average Bonchev–Trinajstić information content (AvgIpc) is 2.51. The molecular weight excluding hydrogens is 302 g/mol. The number of carbonyl (C=O) groups excluding carboxylic acids is 2. The third kappa shape index (κ3) is 7.13. The molecule has 1 N–H and O–H groups in total. The van der Waals surface area contributed by atoms with Crippen molar-refractivity contribution in [3.8, 4) is 0 Å². The highest BCUT2D eigenvalue weighted by molar-refractivity contribution is 5.81. The van der Waals surface area contributed by atoms with Crippen molar-refractivity contribution in [3.05, 3.63) is 35.9 Å². The predicted molar refractivity (Wildman–Crippen MR) is 97.5 cm³/mol. The monoisotopic (exact) mass is 333 g/mol. The van der Waals surface area contributed by atoms with Crippen molar-refractivity contribution in [2.45, 2.75) is 53.2 Å². The van der Waals surface area contributed by atoms with E-state index >= 15 is 0 Å². The molecule has 0 heterocycles. The summed E-state index contributed by atoms with van der Waals surface area (Å²) < 4.78 is 0. The van der Waals surface area contributed by atoms with Gasteiger partial charge in [0.2, 0.25) is 11.8 Å². The molecule has 0 saturated heterocycles. The molecule has 0 bridgehead atoms. The Hall–Kier alpha value is -1.88. The second-order valence-electron chi connectivity index (χ2n) is 6.63. The standard InChI is InChI=1S/C19H31N3O2/c1-6-21(13-18(23)20-15(2)3)14-19(24)22(16(4)5)12-17-10-8-7-9-11-17/h7-11,15-16H,6,12-14H2,1-5H3,(H,20,23). The lowest BCUT2D eigenvalue weighted by Gasteiger charge is -2.30. The second kappa shape index (κ2) is 10.1. The molecule has 0 spiro atoms. The van der Waals surface area contributed by atoms with Gasteiger partial charge in [-0.15, -0.1) is 0 Å². The van der Waals surface area contributed by atoms with Crippen molar-refractivity contribution in [2.24, 2.45) is 0 Å². The van der Waals surface area contributed by atoms with Crippen molar-refractivity contribution < 1.29 is 9.59 Å². The Morgan fingerprint density at radius 2 is 1.67 bits per heavy atom. The van der Waals surface area contributed by atoms with Gasteiger partial charge in [-0.05, 0) is 39.8 Å². The molecule has 1 rings (SSSR count). The average molecular weight is 333 g/mol. The van der Waals surface area contributed by atoms with Gasteiger partial charge in [-0.2, -0.15) is 0 Å². The van der Waals surface area contributed by atoms with E-state index in [0.717, 1.165) is 5.56 Å². The number of benzene rings is 1. The van der Waals surface area contributed by atoms with Crippen molar-refractivity contribution in [2.75, 3.05) is 19.6 Å². The lowest BCUT2D eigenvalue weighted by molar-refractivity contribution is -0.135. The van der Waals surface area contributed by atoms with Crippen LogP contribution in [0.3, 0.4) is 0 Å². The summed E-state index contributed by atoms with van der Waals surface area (Å²) in [7, 11) is 0. The van der Waals surface area contributed by atoms with Crippen LogP contribution in [0.2, 0.25) is 0 Å². The zero-order chi connectivity index (χ0) is 18.1. The highest BCUT2D eigenvalue weighted by Gasteiger charge is 2.21. The van der Waals surface area contributed by atoms with E-state index in [4.69, 9.17) is 0 Å². The Labute approximate surface area is 146 Å². The summed E-state index contributed by atoms with van der Waals surface area (Å²) in [5.41, 5.74) is 1.11. The number of hydrogen-bond donors (Lipinski definition) is 1. The van der Waals surface area contributed by atoms with Crippen LogP contribution in [0.5, 0.6) is 0 Å². The summed E-state index contributed by atoms with van der Waals surface area (Å²) in [6, 6.07) is 10.2. The fourth-order valence-corrected chi connectivity index (χ4v) is 2.47. The van der Waals surface area contributed by atoms with Gasteiger partial charge in [-0.25, -0.2) is 0 Å². The summed E-state index contributed by atoms with van der Waals surface area (Å²) in [6.45, 7) is 11.6. The Balaban J connectivity index is 2.67. The lowest BCUT2D eigenvalue weighted by atomic mass is 10.2. The maximum atomic E-state index is 12.7. The first-order valence-electron chi connectivity index (χ1n) is 8.68. The molecule has 134 valence electrons. The molecule has 1 aromatic rings. The first-order valence-corrected chi connectivity index (χ1v) is 8.68. The maximum absolute atomic E-state index is 12.7. The lowest BCUT2D eigenvalue weighted by Crippen LogP contribution is -2.46. The SMILES string of the molecule is CCN(CC(=O)NC(C)C)CC(=O)N(Cc1ccccc1)C(C)C. The summed E-state index contributed by atoms with van der Waals surface area (Å²) in [6.07, 6.45) is 0. The quantitative estimate of drug-likeness (QED) is 0.754. The molecule has 5 heteroatoms. The molecule has 0 unspecified atom stereocenters. The Kier molecular flexibility index (Phi) is 8.47. The number of hydrogen-bond acceptors (Lipinski definition) is 3. The first kappa shape index (κ1) is 20.2. The van der Waals surface area contributed by atoms with Crippen LogP contribution in [0.1, 0.15) is 40.2 Å². The van der Waals surface area contributed by atoms with Gasteiger partial charge >= 0.3 is 0 Å². The van der Waals surface area contributed by atoms with Gasteiger partial charge in [0, 0.05) is 18.6 Å². The number of rotatable bonds is 9. The number of carbonyl (C=O) groups is 2. The van der Waals surface area contributed by atoms with E-state index < -0.39 is 0 Å². The second-order valence-corrected chi connectivity index (χ2v) is 6.63. The van der Waals surface area contributed by atoms with E-state index in [2.05, 4.69) is 5.32 Å². The molecule has 0 atom stereocenters. The van der Waals surface area contributed by atoms with Crippen LogP contribution in [0, 0.1) is 0 Å². The van der Waals surface area contributed by atoms with Crippen LogP contribution in [0.4, 0.5) is 0 Å². The van der Waals surface area contributed by atoms with E-state index in [1.165, 1.54) is 0 Å². The zero-order valence-corrected chi connectivity index (χ0v) is 15.6. The topological polar surface area (TPSA) is 52.7 Å². The minimum absolute atomic E-state index is 0.0428. The zero-order valence-electron chi connectivity index (χ0n) is 15.6. The summed E-state index contributed by atoms with van der Waals surface area (Å²) in [4.78, 5) is 28.4. The molecule has 0 fully saturated rings. The van der Waals surface area contributed by atoms with Gasteiger partial charge in [0.25, 0.3) is 0 Å². The van der Waals surface area contributed by atoms with Crippen LogP contribution in [-0.4, -0.2) is 53.3 Å². The van der Waals surface area contributed by atoms with Crippen molar-refractivity contribution >= 4 is 11.8 Å². The Morgan fingerprint density at radius 3 is 2.17 bits per heavy atom. The molecule has 0 radical (unpaired) electrons. The van der Waals surface area contributed by atoms with Gasteiger partial charge < -0.3 is 10.2 Å². The fraction of sp³-hybridized carbons (Fsp3) is 0.579. The molecule has 2 amide bonds. The number of likely N-dealkylation sites (N-methyl/N-ethyl adjacent to an activating group) is 1. The molecule has 1 aromatic carbocycles. The highest BCUT2D eigenvalue weighted by atomic mass is 16.2. The minimum atomic E-state index is -0.0428.